The lowest BCUT2D eigenvalue weighted by Gasteiger charge is -2.24. The summed E-state index contributed by atoms with van der Waals surface area (Å²) in [7, 11) is 0. The van der Waals surface area contributed by atoms with Crippen LogP contribution in [-0.4, -0.2) is 24.9 Å². The zero-order chi connectivity index (χ0) is 12.3. The Morgan fingerprint density at radius 3 is 2.71 bits per heavy atom. The molecule has 1 N–H and O–H groups in total. The molecule has 94 valence electrons. The SMILES string of the molecule is CC(CO)c1ccc(C2CCOCC2)c(Cl)c1. The molecule has 1 heterocycles. The first-order valence-corrected chi connectivity index (χ1v) is 6.58. The van der Waals surface area contributed by atoms with Crippen molar-refractivity contribution in [3.05, 3.63) is 34.3 Å². The molecule has 0 aromatic heterocycles. The molecule has 1 aromatic carbocycles. The summed E-state index contributed by atoms with van der Waals surface area (Å²) in [6.07, 6.45) is 2.10. The van der Waals surface area contributed by atoms with Crippen molar-refractivity contribution in [3.63, 3.8) is 0 Å². The number of hydrogen-bond acceptors (Lipinski definition) is 2. The number of hydrogen-bond donors (Lipinski definition) is 1. The van der Waals surface area contributed by atoms with E-state index >= 15 is 0 Å². The van der Waals surface area contributed by atoms with E-state index in [0.29, 0.717) is 5.92 Å². The molecule has 1 unspecified atom stereocenters. The van der Waals surface area contributed by atoms with E-state index in [1.54, 1.807) is 0 Å². The van der Waals surface area contributed by atoms with Crippen molar-refractivity contribution in [1.82, 2.24) is 0 Å². The van der Waals surface area contributed by atoms with Crippen LogP contribution in [0.1, 0.15) is 42.7 Å². The molecule has 1 saturated heterocycles. The standard InChI is InChI=1S/C14H19ClO2/c1-10(9-16)12-2-3-13(14(15)8-12)11-4-6-17-7-5-11/h2-3,8,10-11,16H,4-7,9H2,1H3. The summed E-state index contributed by atoms with van der Waals surface area (Å²) in [6.45, 7) is 3.82. The van der Waals surface area contributed by atoms with E-state index < -0.39 is 0 Å². The first-order chi connectivity index (χ1) is 8.22. The fourth-order valence-electron chi connectivity index (χ4n) is 2.29. The van der Waals surface area contributed by atoms with Crippen molar-refractivity contribution in [2.75, 3.05) is 19.8 Å². The van der Waals surface area contributed by atoms with Crippen molar-refractivity contribution in [2.45, 2.75) is 31.6 Å². The Hall–Kier alpha value is -0.570. The topological polar surface area (TPSA) is 29.5 Å². The molecule has 0 radical (unpaired) electrons. The molecule has 0 spiro atoms. The van der Waals surface area contributed by atoms with E-state index in [-0.39, 0.29) is 12.5 Å². The average molecular weight is 255 g/mol. The molecule has 2 nitrogen and oxygen atoms in total. The van der Waals surface area contributed by atoms with Gasteiger partial charge in [-0.05, 0) is 36.0 Å². The molecule has 2 rings (SSSR count). The van der Waals surface area contributed by atoms with Crippen LogP contribution >= 0.6 is 11.6 Å². The van der Waals surface area contributed by atoms with Gasteiger partial charge in [-0.25, -0.2) is 0 Å². The summed E-state index contributed by atoms with van der Waals surface area (Å²) in [5, 5.41) is 9.97. The van der Waals surface area contributed by atoms with E-state index in [1.807, 2.05) is 13.0 Å². The highest BCUT2D eigenvalue weighted by Crippen LogP contribution is 2.33. The fraction of sp³-hybridized carbons (Fsp3) is 0.571. The van der Waals surface area contributed by atoms with E-state index in [2.05, 4.69) is 12.1 Å². The quantitative estimate of drug-likeness (QED) is 0.897. The third-order valence-corrected chi connectivity index (χ3v) is 3.86. The molecule has 17 heavy (non-hydrogen) atoms. The predicted octanol–water partition coefficient (Wildman–Crippen LogP) is 3.33. The zero-order valence-electron chi connectivity index (χ0n) is 10.2. The maximum Gasteiger partial charge on any atom is 0.0497 e. The van der Waals surface area contributed by atoms with Gasteiger partial charge in [-0.15, -0.1) is 0 Å². The summed E-state index contributed by atoms with van der Waals surface area (Å²) >= 11 is 6.34. The average Bonchev–Trinajstić information content (AvgIpc) is 2.38. The number of ether oxygens (including phenoxy) is 1. The van der Waals surface area contributed by atoms with Crippen molar-refractivity contribution < 1.29 is 9.84 Å². The van der Waals surface area contributed by atoms with E-state index in [1.165, 1.54) is 5.56 Å². The second kappa shape index (κ2) is 5.85. The van der Waals surface area contributed by atoms with Crippen LogP contribution in [0.3, 0.4) is 0 Å². The Morgan fingerprint density at radius 2 is 2.12 bits per heavy atom. The third kappa shape index (κ3) is 3.01. The molecule has 1 aromatic rings. The van der Waals surface area contributed by atoms with Gasteiger partial charge in [-0.1, -0.05) is 30.7 Å². The van der Waals surface area contributed by atoms with Gasteiger partial charge in [-0.2, -0.15) is 0 Å². The minimum absolute atomic E-state index is 0.149. The Balaban J connectivity index is 2.18. The van der Waals surface area contributed by atoms with Crippen LogP contribution < -0.4 is 0 Å². The molecule has 1 aliphatic rings. The van der Waals surface area contributed by atoms with Gasteiger partial charge in [0.15, 0.2) is 0 Å². The van der Waals surface area contributed by atoms with Gasteiger partial charge in [-0.3, -0.25) is 0 Å². The lowest BCUT2D eigenvalue weighted by molar-refractivity contribution is 0.0853. The summed E-state index contributed by atoms with van der Waals surface area (Å²) in [4.78, 5) is 0. The fourth-order valence-corrected chi connectivity index (χ4v) is 2.64. The number of aliphatic hydroxyl groups excluding tert-OH is 1. The van der Waals surface area contributed by atoms with Crippen LogP contribution in [0.25, 0.3) is 0 Å². The highest BCUT2D eigenvalue weighted by atomic mass is 35.5. The first-order valence-electron chi connectivity index (χ1n) is 6.20. The number of rotatable bonds is 3. The molecule has 0 aliphatic carbocycles. The van der Waals surface area contributed by atoms with Crippen molar-refractivity contribution in [1.29, 1.82) is 0 Å². The third-order valence-electron chi connectivity index (χ3n) is 3.53. The van der Waals surface area contributed by atoms with Gasteiger partial charge in [0, 0.05) is 30.8 Å². The highest BCUT2D eigenvalue weighted by molar-refractivity contribution is 6.31. The lowest BCUT2D eigenvalue weighted by atomic mass is 9.90. The maximum atomic E-state index is 9.14. The van der Waals surface area contributed by atoms with Gasteiger partial charge in [0.2, 0.25) is 0 Å². The van der Waals surface area contributed by atoms with Gasteiger partial charge in [0.25, 0.3) is 0 Å². The van der Waals surface area contributed by atoms with Crippen LogP contribution in [0.15, 0.2) is 18.2 Å². The molecular formula is C14H19ClO2. The second-order valence-electron chi connectivity index (χ2n) is 4.75. The summed E-state index contributed by atoms with van der Waals surface area (Å²) in [5.74, 6) is 0.672. The van der Waals surface area contributed by atoms with Crippen LogP contribution in [0.5, 0.6) is 0 Å². The molecule has 1 aliphatic heterocycles. The monoisotopic (exact) mass is 254 g/mol. The Labute approximate surface area is 108 Å². The normalized spacial score (nSPS) is 19.2. The van der Waals surface area contributed by atoms with Gasteiger partial charge < -0.3 is 9.84 Å². The highest BCUT2D eigenvalue weighted by Gasteiger charge is 2.19. The zero-order valence-corrected chi connectivity index (χ0v) is 10.9. The number of benzene rings is 1. The van der Waals surface area contributed by atoms with Crippen molar-refractivity contribution in [2.24, 2.45) is 0 Å². The Bertz CT molecular complexity index is 372. The van der Waals surface area contributed by atoms with Crippen LogP contribution in [0, 0.1) is 0 Å². The van der Waals surface area contributed by atoms with Crippen LogP contribution in [0.2, 0.25) is 5.02 Å². The van der Waals surface area contributed by atoms with Crippen LogP contribution in [-0.2, 0) is 4.74 Å². The summed E-state index contributed by atoms with van der Waals surface area (Å²) in [5.41, 5.74) is 2.33. The molecule has 0 amide bonds. The lowest BCUT2D eigenvalue weighted by Crippen LogP contribution is -2.14. The molecular weight excluding hydrogens is 236 g/mol. The molecule has 0 saturated carbocycles. The molecule has 1 atom stereocenters. The minimum Gasteiger partial charge on any atom is -0.396 e. The Kier molecular flexibility index (Phi) is 4.43. The number of aliphatic hydroxyl groups is 1. The number of halogens is 1. The second-order valence-corrected chi connectivity index (χ2v) is 5.16. The largest absolute Gasteiger partial charge is 0.396 e. The molecule has 0 bridgehead atoms. The molecule has 3 heteroatoms. The smallest absolute Gasteiger partial charge is 0.0497 e. The predicted molar refractivity (Wildman–Crippen MR) is 69.7 cm³/mol. The van der Waals surface area contributed by atoms with Crippen molar-refractivity contribution in [3.8, 4) is 0 Å². The van der Waals surface area contributed by atoms with E-state index in [4.69, 9.17) is 21.4 Å². The summed E-state index contributed by atoms with van der Waals surface area (Å²) in [6, 6.07) is 6.19. The minimum atomic E-state index is 0.149. The van der Waals surface area contributed by atoms with Crippen molar-refractivity contribution >= 4 is 11.6 Å². The van der Waals surface area contributed by atoms with E-state index in [0.717, 1.165) is 36.6 Å². The van der Waals surface area contributed by atoms with Crippen LogP contribution in [0.4, 0.5) is 0 Å². The maximum absolute atomic E-state index is 9.14. The Morgan fingerprint density at radius 1 is 1.41 bits per heavy atom. The van der Waals surface area contributed by atoms with Gasteiger partial charge in [0.1, 0.15) is 0 Å². The molecule has 1 fully saturated rings. The first kappa shape index (κ1) is 12.9. The van der Waals surface area contributed by atoms with E-state index in [9.17, 15) is 0 Å². The van der Waals surface area contributed by atoms with Gasteiger partial charge in [0.05, 0.1) is 0 Å². The van der Waals surface area contributed by atoms with Gasteiger partial charge >= 0.3 is 0 Å². The summed E-state index contributed by atoms with van der Waals surface area (Å²) < 4.78 is 5.36.